The van der Waals surface area contributed by atoms with Crippen molar-refractivity contribution < 1.29 is 19.1 Å². The van der Waals surface area contributed by atoms with Gasteiger partial charge in [0, 0.05) is 11.9 Å². The zero-order valence-electron chi connectivity index (χ0n) is 15.0. The second-order valence-corrected chi connectivity index (χ2v) is 6.67. The average molecular weight is 373 g/mol. The third kappa shape index (κ3) is 4.52. The summed E-state index contributed by atoms with van der Waals surface area (Å²) in [5, 5.41) is 0.598. The third-order valence-electron chi connectivity index (χ3n) is 4.21. The van der Waals surface area contributed by atoms with Gasteiger partial charge in [0.25, 0.3) is 0 Å². The molecule has 0 aromatic heterocycles. The molecule has 4 nitrogen and oxygen atoms in total. The number of methoxy groups -OCH3 is 1. The summed E-state index contributed by atoms with van der Waals surface area (Å²) in [5.74, 6) is -0.266. The predicted molar refractivity (Wildman–Crippen MR) is 102 cm³/mol. The quantitative estimate of drug-likeness (QED) is 0.540. The predicted octanol–water partition coefficient (Wildman–Crippen LogP) is 4.80. The number of hydrogen-bond acceptors (Lipinski definition) is 4. The minimum absolute atomic E-state index is 0.350. The van der Waals surface area contributed by atoms with Crippen LogP contribution < -0.4 is 4.74 Å². The summed E-state index contributed by atoms with van der Waals surface area (Å²) in [6.07, 6.45) is 0.369. The number of ether oxygens (including phenoxy) is 2. The molecular formula is C21H21ClO4. The van der Waals surface area contributed by atoms with Gasteiger partial charge in [-0.3, -0.25) is 9.59 Å². The van der Waals surface area contributed by atoms with Crippen molar-refractivity contribution in [3.05, 3.63) is 71.3 Å². The first kappa shape index (κ1) is 19.7. The van der Waals surface area contributed by atoms with Crippen LogP contribution in [0.1, 0.15) is 31.4 Å². The first-order valence-corrected chi connectivity index (χ1v) is 8.45. The van der Waals surface area contributed by atoms with Gasteiger partial charge < -0.3 is 9.47 Å². The van der Waals surface area contributed by atoms with Crippen molar-refractivity contribution in [2.45, 2.75) is 25.7 Å². The summed E-state index contributed by atoms with van der Waals surface area (Å²) in [7, 11) is 1.37. The fourth-order valence-corrected chi connectivity index (χ4v) is 2.91. The first-order chi connectivity index (χ1) is 12.3. The highest BCUT2D eigenvalue weighted by atomic mass is 35.5. The molecule has 136 valence electrons. The van der Waals surface area contributed by atoms with Gasteiger partial charge in [-0.1, -0.05) is 42.4 Å². The van der Waals surface area contributed by atoms with E-state index in [9.17, 15) is 9.59 Å². The summed E-state index contributed by atoms with van der Waals surface area (Å²) in [4.78, 5) is 23.5. The number of halogens is 1. The van der Waals surface area contributed by atoms with Crippen LogP contribution in [0, 0.1) is 0 Å². The average Bonchev–Trinajstić information content (AvgIpc) is 2.61. The van der Waals surface area contributed by atoms with Gasteiger partial charge in [0.05, 0.1) is 12.5 Å². The van der Waals surface area contributed by atoms with Gasteiger partial charge in [-0.15, -0.1) is 0 Å². The van der Waals surface area contributed by atoms with E-state index in [1.165, 1.54) is 14.0 Å². The van der Waals surface area contributed by atoms with Crippen molar-refractivity contribution in [1.29, 1.82) is 0 Å². The summed E-state index contributed by atoms with van der Waals surface area (Å²) < 4.78 is 10.1. The molecule has 2 aromatic carbocycles. The van der Waals surface area contributed by atoms with E-state index in [0.717, 1.165) is 16.7 Å². The Bertz CT molecular complexity index is 809. The Balaban J connectivity index is 2.27. The highest BCUT2D eigenvalue weighted by molar-refractivity contribution is 6.30. The SMILES string of the molecule is C=C(CC(C)(C(=O)OC)c1ccc(Cl)cc1)c1ccc(OC(C)=O)cc1. The van der Waals surface area contributed by atoms with E-state index in [4.69, 9.17) is 21.1 Å². The van der Waals surface area contributed by atoms with Crippen molar-refractivity contribution in [2.24, 2.45) is 0 Å². The summed E-state index contributed by atoms with van der Waals surface area (Å²) in [6, 6.07) is 14.1. The molecule has 1 unspecified atom stereocenters. The van der Waals surface area contributed by atoms with E-state index >= 15 is 0 Å². The highest BCUT2D eigenvalue weighted by Crippen LogP contribution is 2.36. The van der Waals surface area contributed by atoms with Gasteiger partial charge in [0.15, 0.2) is 0 Å². The maximum Gasteiger partial charge on any atom is 0.316 e. The maximum atomic E-state index is 12.5. The highest BCUT2D eigenvalue weighted by Gasteiger charge is 2.37. The Morgan fingerprint density at radius 1 is 1.08 bits per heavy atom. The number of carbonyl (C=O) groups is 2. The van der Waals surface area contributed by atoms with Crippen LogP contribution in [-0.2, 0) is 19.7 Å². The number of esters is 2. The lowest BCUT2D eigenvalue weighted by Crippen LogP contribution is -2.34. The minimum atomic E-state index is -0.898. The molecule has 0 fully saturated rings. The fourth-order valence-electron chi connectivity index (χ4n) is 2.79. The molecule has 2 aromatic rings. The topological polar surface area (TPSA) is 52.6 Å². The van der Waals surface area contributed by atoms with Gasteiger partial charge in [-0.25, -0.2) is 0 Å². The van der Waals surface area contributed by atoms with Crippen LogP contribution in [0.2, 0.25) is 5.02 Å². The molecule has 0 bridgehead atoms. The molecule has 0 radical (unpaired) electrons. The minimum Gasteiger partial charge on any atom is -0.468 e. The van der Waals surface area contributed by atoms with Crippen molar-refractivity contribution in [3.8, 4) is 5.75 Å². The van der Waals surface area contributed by atoms with Crippen LogP contribution in [0.4, 0.5) is 0 Å². The molecule has 2 rings (SSSR count). The van der Waals surface area contributed by atoms with Crippen LogP contribution in [0.3, 0.4) is 0 Å². The Morgan fingerprint density at radius 3 is 2.15 bits per heavy atom. The van der Waals surface area contributed by atoms with Gasteiger partial charge in [0.2, 0.25) is 0 Å². The molecule has 5 heteroatoms. The number of rotatable bonds is 6. The van der Waals surface area contributed by atoms with Gasteiger partial charge in [0.1, 0.15) is 5.75 Å². The smallest absolute Gasteiger partial charge is 0.316 e. The number of carbonyl (C=O) groups excluding carboxylic acids is 2. The Morgan fingerprint density at radius 2 is 1.65 bits per heavy atom. The lowest BCUT2D eigenvalue weighted by atomic mass is 9.76. The third-order valence-corrected chi connectivity index (χ3v) is 4.46. The van der Waals surface area contributed by atoms with E-state index < -0.39 is 5.41 Å². The maximum absolute atomic E-state index is 12.5. The van der Waals surface area contributed by atoms with Gasteiger partial charge in [-0.2, -0.15) is 0 Å². The lowest BCUT2D eigenvalue weighted by Gasteiger charge is -2.28. The molecule has 0 aliphatic carbocycles. The fraction of sp³-hybridized carbons (Fsp3) is 0.238. The van der Waals surface area contributed by atoms with Crippen molar-refractivity contribution in [1.82, 2.24) is 0 Å². The van der Waals surface area contributed by atoms with Crippen LogP contribution in [0.5, 0.6) is 5.75 Å². The molecule has 0 saturated carbocycles. The van der Waals surface area contributed by atoms with E-state index in [2.05, 4.69) is 6.58 Å². The second-order valence-electron chi connectivity index (χ2n) is 6.23. The van der Waals surface area contributed by atoms with Gasteiger partial charge in [-0.05, 0) is 54.3 Å². The van der Waals surface area contributed by atoms with E-state index in [1.54, 1.807) is 36.4 Å². The number of allylic oxidation sites excluding steroid dienone is 1. The molecule has 0 amide bonds. The van der Waals surface area contributed by atoms with E-state index in [0.29, 0.717) is 17.2 Å². The molecule has 1 atom stereocenters. The largest absolute Gasteiger partial charge is 0.468 e. The monoisotopic (exact) mass is 372 g/mol. The van der Waals surface area contributed by atoms with Crippen LogP contribution >= 0.6 is 11.6 Å². The zero-order chi connectivity index (χ0) is 19.3. The number of benzene rings is 2. The molecule has 0 aliphatic heterocycles. The summed E-state index contributed by atoms with van der Waals surface area (Å²) in [6.45, 7) is 7.29. The normalized spacial score (nSPS) is 12.8. The standard InChI is InChI=1S/C21H21ClO4/c1-14(16-5-11-19(12-6-16)26-15(2)23)13-21(3,20(24)25-4)17-7-9-18(22)10-8-17/h5-12H,1,13H2,2-4H3. The van der Waals surface area contributed by atoms with Gasteiger partial charge >= 0.3 is 11.9 Å². The molecule has 26 heavy (non-hydrogen) atoms. The van der Waals surface area contributed by atoms with Crippen LogP contribution in [-0.4, -0.2) is 19.0 Å². The Kier molecular flexibility index (Phi) is 6.22. The number of hydrogen-bond donors (Lipinski definition) is 0. The van der Waals surface area contributed by atoms with E-state index in [1.807, 2.05) is 19.1 Å². The zero-order valence-corrected chi connectivity index (χ0v) is 15.8. The van der Waals surface area contributed by atoms with Crippen molar-refractivity contribution >= 4 is 29.1 Å². The Labute approximate surface area is 158 Å². The molecule has 0 aliphatic rings. The summed E-state index contributed by atoms with van der Waals surface area (Å²) >= 11 is 5.96. The lowest BCUT2D eigenvalue weighted by molar-refractivity contribution is -0.146. The first-order valence-electron chi connectivity index (χ1n) is 8.07. The van der Waals surface area contributed by atoms with Crippen molar-refractivity contribution in [3.63, 3.8) is 0 Å². The summed E-state index contributed by atoms with van der Waals surface area (Å²) in [5.41, 5.74) is 1.52. The second kappa shape index (κ2) is 8.19. The van der Waals surface area contributed by atoms with Crippen LogP contribution in [0.25, 0.3) is 5.57 Å². The molecule has 0 spiro atoms. The van der Waals surface area contributed by atoms with Crippen molar-refractivity contribution in [2.75, 3.05) is 7.11 Å². The Hall–Kier alpha value is -2.59. The molecule has 0 N–H and O–H groups in total. The van der Waals surface area contributed by atoms with Crippen LogP contribution in [0.15, 0.2) is 55.1 Å². The molecule has 0 heterocycles. The molecular weight excluding hydrogens is 352 g/mol. The van der Waals surface area contributed by atoms with E-state index in [-0.39, 0.29) is 11.9 Å². The molecule has 0 saturated heterocycles.